The molecule has 0 amide bonds. The number of nitrogens with two attached hydrogens (primary N) is 1. The second-order valence-corrected chi connectivity index (χ2v) is 5.87. The van der Waals surface area contributed by atoms with Gasteiger partial charge in [0, 0.05) is 21.3 Å². The fourth-order valence-corrected chi connectivity index (χ4v) is 3.98. The molecule has 18 heavy (non-hydrogen) atoms. The van der Waals surface area contributed by atoms with Crippen molar-refractivity contribution >= 4 is 27.3 Å². The first-order chi connectivity index (χ1) is 8.81. The van der Waals surface area contributed by atoms with E-state index in [0.29, 0.717) is 6.61 Å². The number of ether oxygens (including phenoxy) is 1. The fourth-order valence-electron chi connectivity index (χ4n) is 2.40. The molecule has 3 rings (SSSR count). The third-order valence-electron chi connectivity index (χ3n) is 3.30. The van der Waals surface area contributed by atoms with E-state index in [4.69, 9.17) is 10.6 Å². The minimum atomic E-state index is 0.0641. The number of rotatable bonds is 3. The van der Waals surface area contributed by atoms with Crippen molar-refractivity contribution in [2.24, 2.45) is 5.84 Å². The monoisotopic (exact) mass is 324 g/mol. The van der Waals surface area contributed by atoms with Crippen LogP contribution in [-0.4, -0.2) is 6.61 Å². The predicted octanol–water partition coefficient (Wildman–Crippen LogP) is 3.19. The SMILES string of the molecule is NNC(c1cscc1Br)C1COc2ccccc21. The van der Waals surface area contributed by atoms with Gasteiger partial charge in [-0.15, -0.1) is 0 Å². The molecule has 2 atom stereocenters. The van der Waals surface area contributed by atoms with E-state index in [-0.39, 0.29) is 12.0 Å². The predicted molar refractivity (Wildman–Crippen MR) is 76.8 cm³/mol. The number of thiophene rings is 1. The summed E-state index contributed by atoms with van der Waals surface area (Å²) in [6.45, 7) is 0.663. The minimum absolute atomic E-state index is 0.0641. The smallest absolute Gasteiger partial charge is 0.122 e. The van der Waals surface area contributed by atoms with Crippen LogP contribution in [0.25, 0.3) is 0 Å². The van der Waals surface area contributed by atoms with Crippen molar-refractivity contribution < 1.29 is 4.74 Å². The van der Waals surface area contributed by atoms with Crippen molar-refractivity contribution in [3.8, 4) is 5.75 Å². The van der Waals surface area contributed by atoms with Crippen molar-refractivity contribution in [3.05, 3.63) is 50.6 Å². The van der Waals surface area contributed by atoms with Crippen LogP contribution < -0.4 is 16.0 Å². The van der Waals surface area contributed by atoms with Gasteiger partial charge in [0.15, 0.2) is 0 Å². The van der Waals surface area contributed by atoms with E-state index in [1.165, 1.54) is 11.1 Å². The van der Waals surface area contributed by atoms with E-state index in [0.717, 1.165) is 10.2 Å². The molecule has 3 nitrogen and oxygen atoms in total. The molecule has 1 aliphatic heterocycles. The van der Waals surface area contributed by atoms with Crippen LogP contribution in [0.15, 0.2) is 39.5 Å². The summed E-state index contributed by atoms with van der Waals surface area (Å²) in [5, 5.41) is 4.19. The summed E-state index contributed by atoms with van der Waals surface area (Å²) < 4.78 is 6.82. The van der Waals surface area contributed by atoms with Crippen LogP contribution in [-0.2, 0) is 0 Å². The van der Waals surface area contributed by atoms with E-state index in [1.54, 1.807) is 11.3 Å². The summed E-state index contributed by atoms with van der Waals surface area (Å²) in [5.41, 5.74) is 5.33. The maximum atomic E-state index is 5.75. The molecule has 0 bridgehead atoms. The van der Waals surface area contributed by atoms with Gasteiger partial charge in [-0.25, -0.2) is 0 Å². The van der Waals surface area contributed by atoms with Crippen LogP contribution >= 0.6 is 27.3 Å². The summed E-state index contributed by atoms with van der Waals surface area (Å²) in [7, 11) is 0. The molecule has 1 aromatic heterocycles. The van der Waals surface area contributed by atoms with Crippen LogP contribution in [0.4, 0.5) is 0 Å². The lowest BCUT2D eigenvalue weighted by molar-refractivity contribution is 0.300. The zero-order chi connectivity index (χ0) is 12.5. The van der Waals surface area contributed by atoms with Gasteiger partial charge in [-0.3, -0.25) is 11.3 Å². The molecule has 94 valence electrons. The average molecular weight is 325 g/mol. The van der Waals surface area contributed by atoms with E-state index in [1.807, 2.05) is 18.2 Å². The molecular weight excluding hydrogens is 312 g/mol. The molecule has 0 fully saturated rings. The van der Waals surface area contributed by atoms with Gasteiger partial charge in [0.05, 0.1) is 12.6 Å². The van der Waals surface area contributed by atoms with Crippen molar-refractivity contribution in [3.63, 3.8) is 0 Å². The van der Waals surface area contributed by atoms with Crippen LogP contribution in [0.5, 0.6) is 5.75 Å². The second kappa shape index (κ2) is 5.01. The quantitative estimate of drug-likeness (QED) is 0.673. The topological polar surface area (TPSA) is 47.3 Å². The Morgan fingerprint density at radius 3 is 2.94 bits per heavy atom. The van der Waals surface area contributed by atoms with Gasteiger partial charge in [-0.1, -0.05) is 18.2 Å². The Kier molecular flexibility index (Phi) is 3.39. The Balaban J connectivity index is 1.98. The molecule has 5 heteroatoms. The highest BCUT2D eigenvalue weighted by molar-refractivity contribution is 9.10. The summed E-state index contributed by atoms with van der Waals surface area (Å²) in [4.78, 5) is 0. The zero-order valence-electron chi connectivity index (χ0n) is 9.60. The number of hydrogen-bond acceptors (Lipinski definition) is 4. The first-order valence-corrected chi connectivity index (χ1v) is 7.44. The number of hydrogen-bond donors (Lipinski definition) is 2. The zero-order valence-corrected chi connectivity index (χ0v) is 12.0. The maximum Gasteiger partial charge on any atom is 0.122 e. The minimum Gasteiger partial charge on any atom is -0.493 e. The highest BCUT2D eigenvalue weighted by Gasteiger charge is 2.32. The molecule has 0 saturated carbocycles. The fraction of sp³-hybridized carbons (Fsp3) is 0.231. The molecule has 0 radical (unpaired) electrons. The van der Waals surface area contributed by atoms with Gasteiger partial charge in [-0.2, -0.15) is 11.3 Å². The van der Waals surface area contributed by atoms with Crippen LogP contribution in [0.1, 0.15) is 23.1 Å². The molecule has 0 saturated heterocycles. The summed E-state index contributed by atoms with van der Waals surface area (Å²) in [6.07, 6.45) is 0. The maximum absolute atomic E-state index is 5.75. The normalized spacial score (nSPS) is 19.3. The summed E-state index contributed by atoms with van der Waals surface area (Å²) in [6, 6.07) is 8.21. The van der Waals surface area contributed by atoms with E-state index < -0.39 is 0 Å². The summed E-state index contributed by atoms with van der Waals surface area (Å²) in [5.74, 6) is 6.96. The number of nitrogens with one attached hydrogen (secondary N) is 1. The largest absolute Gasteiger partial charge is 0.493 e. The Hall–Kier alpha value is -0.880. The van der Waals surface area contributed by atoms with Crippen molar-refractivity contribution in [2.45, 2.75) is 12.0 Å². The molecule has 3 N–H and O–H groups in total. The van der Waals surface area contributed by atoms with Crippen molar-refractivity contribution in [1.82, 2.24) is 5.43 Å². The Morgan fingerprint density at radius 1 is 1.39 bits per heavy atom. The molecule has 2 aromatic rings. The number of benzene rings is 1. The summed E-state index contributed by atoms with van der Waals surface area (Å²) >= 11 is 5.24. The second-order valence-electron chi connectivity index (χ2n) is 4.27. The third-order valence-corrected chi connectivity index (χ3v) is 5.05. The van der Waals surface area contributed by atoms with Crippen molar-refractivity contribution in [1.29, 1.82) is 0 Å². The van der Waals surface area contributed by atoms with Crippen LogP contribution in [0, 0.1) is 0 Å². The van der Waals surface area contributed by atoms with E-state index in [9.17, 15) is 0 Å². The van der Waals surface area contributed by atoms with Gasteiger partial charge in [0.25, 0.3) is 0 Å². The molecule has 2 heterocycles. The number of para-hydroxylation sites is 1. The van der Waals surface area contributed by atoms with Crippen molar-refractivity contribution in [2.75, 3.05) is 6.61 Å². The Labute approximate surface area is 118 Å². The number of hydrazine groups is 1. The van der Waals surface area contributed by atoms with Gasteiger partial charge in [-0.05, 0) is 32.9 Å². The van der Waals surface area contributed by atoms with Gasteiger partial charge in [0.2, 0.25) is 0 Å². The highest BCUT2D eigenvalue weighted by atomic mass is 79.9. The lowest BCUT2D eigenvalue weighted by Crippen LogP contribution is -2.33. The lowest BCUT2D eigenvalue weighted by Gasteiger charge is -2.21. The molecule has 1 aliphatic rings. The highest BCUT2D eigenvalue weighted by Crippen LogP contribution is 2.43. The van der Waals surface area contributed by atoms with E-state index >= 15 is 0 Å². The van der Waals surface area contributed by atoms with Crippen LogP contribution in [0.3, 0.4) is 0 Å². The first kappa shape index (κ1) is 12.2. The first-order valence-electron chi connectivity index (χ1n) is 5.70. The molecule has 0 aliphatic carbocycles. The average Bonchev–Trinajstić information content (AvgIpc) is 2.99. The molecule has 0 spiro atoms. The Morgan fingerprint density at radius 2 is 2.22 bits per heavy atom. The van der Waals surface area contributed by atoms with Gasteiger partial charge >= 0.3 is 0 Å². The molecule has 1 aromatic carbocycles. The van der Waals surface area contributed by atoms with Gasteiger partial charge < -0.3 is 4.74 Å². The number of halogens is 1. The lowest BCUT2D eigenvalue weighted by atomic mass is 9.90. The molecule has 2 unspecified atom stereocenters. The van der Waals surface area contributed by atoms with E-state index in [2.05, 4.69) is 38.2 Å². The Bertz CT molecular complexity index is 557. The third kappa shape index (κ3) is 1.97. The van der Waals surface area contributed by atoms with Crippen LogP contribution in [0.2, 0.25) is 0 Å². The molecular formula is C13H13BrN2OS. The van der Waals surface area contributed by atoms with Gasteiger partial charge in [0.1, 0.15) is 5.75 Å². The standard InChI is InChI=1S/C13H13BrN2OS/c14-11-7-18-6-10(11)13(16-15)9-5-17-12-4-2-1-3-8(9)12/h1-4,6-7,9,13,16H,5,15H2. The number of fused-ring (bicyclic) bond motifs is 1.